The maximum Gasteiger partial charge on any atom is 0.115 e. The first kappa shape index (κ1) is 17.8. The Balaban J connectivity index is 0.000000255. The van der Waals surface area contributed by atoms with E-state index >= 15 is 0 Å². The highest BCUT2D eigenvalue weighted by Crippen LogP contribution is 2.15. The second kappa shape index (κ2) is 10.4. The first-order valence-electron chi connectivity index (χ1n) is 7.24. The molecule has 1 aliphatic carbocycles. The summed E-state index contributed by atoms with van der Waals surface area (Å²) in [6.45, 7) is 2.97. The number of rotatable bonds is 4. The fourth-order valence-corrected chi connectivity index (χ4v) is 1.78. The summed E-state index contributed by atoms with van der Waals surface area (Å²) in [5.41, 5.74) is 2.11. The van der Waals surface area contributed by atoms with Crippen molar-refractivity contribution in [3.8, 4) is 18.1 Å². The van der Waals surface area contributed by atoms with Gasteiger partial charge in [0.05, 0.1) is 12.6 Å². The molecule has 1 aliphatic rings. The van der Waals surface area contributed by atoms with Crippen LogP contribution in [0.4, 0.5) is 0 Å². The van der Waals surface area contributed by atoms with Crippen LogP contribution in [-0.2, 0) is 0 Å². The lowest BCUT2D eigenvalue weighted by molar-refractivity contribution is 0.176. The van der Waals surface area contributed by atoms with E-state index in [0.717, 1.165) is 12.0 Å². The molecule has 2 rings (SSSR count). The van der Waals surface area contributed by atoms with Crippen LogP contribution in [0.15, 0.2) is 60.2 Å². The molecule has 0 bridgehead atoms. The summed E-state index contributed by atoms with van der Waals surface area (Å²) in [5, 5.41) is 21.6. The number of benzene rings is 1. The lowest BCUT2D eigenvalue weighted by atomic mass is 10.1. The third kappa shape index (κ3) is 7.49. The largest absolute Gasteiger partial charge is 0.508 e. The number of allylic oxidation sites excluding steroid dienone is 6. The number of terminal acetylenes is 1. The van der Waals surface area contributed by atoms with Gasteiger partial charge in [-0.25, -0.2) is 0 Å². The normalized spacial score (nSPS) is 14.1. The van der Waals surface area contributed by atoms with Crippen LogP contribution in [0.3, 0.4) is 0 Å². The van der Waals surface area contributed by atoms with Crippen LogP contribution in [0.1, 0.15) is 25.0 Å². The molecule has 0 heterocycles. The molecule has 116 valence electrons. The minimum Gasteiger partial charge on any atom is -0.508 e. The number of hydrogen-bond acceptors (Lipinski definition) is 3. The zero-order valence-corrected chi connectivity index (χ0v) is 12.9. The van der Waals surface area contributed by atoms with Gasteiger partial charge in [0.2, 0.25) is 0 Å². The Morgan fingerprint density at radius 2 is 2.00 bits per heavy atom. The van der Waals surface area contributed by atoms with Crippen molar-refractivity contribution in [1.29, 1.82) is 0 Å². The van der Waals surface area contributed by atoms with E-state index in [-0.39, 0.29) is 5.75 Å². The van der Waals surface area contributed by atoms with Crippen LogP contribution in [0.2, 0.25) is 0 Å². The molecule has 0 spiro atoms. The summed E-state index contributed by atoms with van der Waals surface area (Å²) >= 11 is 0. The molecule has 1 atom stereocenters. The van der Waals surface area contributed by atoms with E-state index < -0.39 is 6.10 Å². The van der Waals surface area contributed by atoms with Crippen molar-refractivity contribution in [3.63, 3.8) is 0 Å². The lowest BCUT2D eigenvalue weighted by Crippen LogP contribution is -2.21. The molecule has 0 fully saturated rings. The Bertz CT molecular complexity index is 559. The van der Waals surface area contributed by atoms with Gasteiger partial charge in [-0.1, -0.05) is 54.0 Å². The Morgan fingerprint density at radius 1 is 1.27 bits per heavy atom. The first-order chi connectivity index (χ1) is 10.6. The van der Waals surface area contributed by atoms with Gasteiger partial charge in [0.15, 0.2) is 0 Å². The van der Waals surface area contributed by atoms with Crippen molar-refractivity contribution in [2.75, 3.05) is 13.1 Å². The number of phenolic OH excluding ortho intramolecular Hbond substituents is 1. The summed E-state index contributed by atoms with van der Waals surface area (Å²) in [6.07, 6.45) is 16.1. The maximum atomic E-state index is 9.63. The average molecular weight is 297 g/mol. The van der Waals surface area contributed by atoms with E-state index in [4.69, 9.17) is 11.5 Å². The van der Waals surface area contributed by atoms with E-state index in [0.29, 0.717) is 13.1 Å². The van der Waals surface area contributed by atoms with Gasteiger partial charge in [-0.15, -0.1) is 6.42 Å². The smallest absolute Gasteiger partial charge is 0.115 e. The van der Waals surface area contributed by atoms with E-state index in [1.54, 1.807) is 24.3 Å². The molecule has 0 saturated carbocycles. The number of phenols is 1. The molecule has 0 aliphatic heterocycles. The van der Waals surface area contributed by atoms with Gasteiger partial charge >= 0.3 is 0 Å². The van der Waals surface area contributed by atoms with Crippen molar-refractivity contribution < 1.29 is 10.2 Å². The third-order valence-electron chi connectivity index (χ3n) is 3.02. The van der Waals surface area contributed by atoms with Crippen LogP contribution in [0, 0.1) is 12.3 Å². The number of aromatic hydroxyl groups is 1. The Labute approximate surface area is 132 Å². The fraction of sp³-hybridized carbons (Fsp3) is 0.263. The highest BCUT2D eigenvalue weighted by Gasteiger charge is 2.05. The second-order valence-corrected chi connectivity index (χ2v) is 4.91. The quantitative estimate of drug-likeness (QED) is 0.591. The van der Waals surface area contributed by atoms with Crippen molar-refractivity contribution in [3.05, 3.63) is 65.8 Å². The maximum absolute atomic E-state index is 9.63. The topological polar surface area (TPSA) is 52.5 Å². The van der Waals surface area contributed by atoms with Crippen molar-refractivity contribution in [1.82, 2.24) is 5.32 Å². The number of aliphatic hydroxyl groups excluding tert-OH is 1. The lowest BCUT2D eigenvalue weighted by Gasteiger charge is -2.10. The molecule has 0 radical (unpaired) electrons. The van der Waals surface area contributed by atoms with Gasteiger partial charge in [-0.2, -0.15) is 0 Å². The Hall–Kier alpha value is -2.28. The summed E-state index contributed by atoms with van der Waals surface area (Å²) in [7, 11) is 0. The van der Waals surface area contributed by atoms with Crippen LogP contribution < -0.4 is 5.32 Å². The fourth-order valence-electron chi connectivity index (χ4n) is 1.78. The third-order valence-corrected chi connectivity index (χ3v) is 3.02. The summed E-state index contributed by atoms with van der Waals surface area (Å²) in [5.74, 6) is 2.61. The molecule has 0 saturated heterocycles. The van der Waals surface area contributed by atoms with Crippen molar-refractivity contribution >= 4 is 0 Å². The van der Waals surface area contributed by atoms with Gasteiger partial charge in [0, 0.05) is 6.54 Å². The first-order valence-corrected chi connectivity index (χ1v) is 7.24. The number of hydrogen-bond donors (Lipinski definition) is 3. The zero-order valence-electron chi connectivity index (χ0n) is 12.9. The molecule has 0 amide bonds. The van der Waals surface area contributed by atoms with E-state index in [1.807, 2.05) is 0 Å². The minimum atomic E-state index is -0.594. The average Bonchev–Trinajstić information content (AvgIpc) is 2.76. The number of nitrogens with one attached hydrogen (secondary N) is 1. The van der Waals surface area contributed by atoms with Crippen molar-refractivity contribution in [2.24, 2.45) is 0 Å². The van der Waals surface area contributed by atoms with Gasteiger partial charge < -0.3 is 15.5 Å². The van der Waals surface area contributed by atoms with Gasteiger partial charge in [-0.05, 0) is 31.0 Å². The second-order valence-electron chi connectivity index (χ2n) is 4.91. The minimum absolute atomic E-state index is 0.192. The predicted octanol–water partition coefficient (Wildman–Crippen LogP) is 3.10. The van der Waals surface area contributed by atoms with Crippen LogP contribution in [-0.4, -0.2) is 23.3 Å². The molecule has 1 unspecified atom stereocenters. The number of aliphatic hydroxyl groups is 1. The molecule has 22 heavy (non-hydrogen) atoms. The summed E-state index contributed by atoms with van der Waals surface area (Å²) < 4.78 is 0. The SMILES string of the molecule is C#CCNCC(O)c1ccc(O)cc1.CC1=CCC=CC=C1. The Morgan fingerprint density at radius 3 is 2.68 bits per heavy atom. The molecule has 1 aromatic rings. The van der Waals surface area contributed by atoms with E-state index in [9.17, 15) is 5.11 Å². The molecular formula is C19H23NO2. The van der Waals surface area contributed by atoms with Crippen LogP contribution >= 0.6 is 0 Å². The molecular weight excluding hydrogens is 274 g/mol. The van der Waals surface area contributed by atoms with Gasteiger partial charge in [0.1, 0.15) is 5.75 Å². The molecule has 1 aromatic carbocycles. The highest BCUT2D eigenvalue weighted by molar-refractivity contribution is 5.27. The monoisotopic (exact) mass is 297 g/mol. The van der Waals surface area contributed by atoms with Gasteiger partial charge in [0.25, 0.3) is 0 Å². The van der Waals surface area contributed by atoms with Crippen molar-refractivity contribution in [2.45, 2.75) is 19.4 Å². The molecule has 3 heteroatoms. The predicted molar refractivity (Wildman–Crippen MR) is 91.4 cm³/mol. The summed E-state index contributed by atoms with van der Waals surface area (Å²) in [6, 6.07) is 6.44. The van der Waals surface area contributed by atoms with Gasteiger partial charge in [-0.3, -0.25) is 0 Å². The summed E-state index contributed by atoms with van der Waals surface area (Å²) in [4.78, 5) is 0. The zero-order chi connectivity index (χ0) is 16.2. The highest BCUT2D eigenvalue weighted by atomic mass is 16.3. The molecule has 3 nitrogen and oxygen atoms in total. The van der Waals surface area contributed by atoms with Crippen LogP contribution in [0.5, 0.6) is 5.75 Å². The van der Waals surface area contributed by atoms with Crippen LogP contribution in [0.25, 0.3) is 0 Å². The molecule has 3 N–H and O–H groups in total. The van der Waals surface area contributed by atoms with E-state index in [2.05, 4.69) is 48.5 Å². The van der Waals surface area contributed by atoms with E-state index in [1.165, 1.54) is 5.57 Å². The Kier molecular flexibility index (Phi) is 8.44. The standard InChI is InChI=1S/C11H13NO2.C8H10/c1-2-7-12-8-11(14)9-3-5-10(13)6-4-9;1-8-6-4-2-3-5-7-8/h1,3-6,11-14H,7-8H2;2-4,6-7H,5H2,1H3. The molecule has 0 aromatic heterocycles.